The van der Waals surface area contributed by atoms with Crippen molar-refractivity contribution >= 4 is 5.97 Å². The van der Waals surface area contributed by atoms with Crippen LogP contribution in [-0.4, -0.2) is 47.7 Å². The zero-order valence-electron chi connectivity index (χ0n) is 12.0. The maximum Gasteiger partial charge on any atom is 0.323 e. The standard InChI is InChI=1S/C14H28N2O2/c1-4-10-16(3)11-6-9-14(5-2,13(17)18)15-12-7-8-12/h12,15H,4-11H2,1-3H3,(H,17,18). The monoisotopic (exact) mass is 256 g/mol. The van der Waals surface area contributed by atoms with Gasteiger partial charge in [-0.05, 0) is 58.7 Å². The van der Waals surface area contributed by atoms with E-state index >= 15 is 0 Å². The summed E-state index contributed by atoms with van der Waals surface area (Å²) in [6.07, 6.45) is 5.74. The molecule has 0 heterocycles. The number of rotatable bonds is 10. The average Bonchev–Trinajstić information content (AvgIpc) is 3.11. The van der Waals surface area contributed by atoms with Crippen LogP contribution >= 0.6 is 0 Å². The van der Waals surface area contributed by atoms with E-state index in [0.717, 1.165) is 45.2 Å². The van der Waals surface area contributed by atoms with Gasteiger partial charge in [0.15, 0.2) is 0 Å². The van der Waals surface area contributed by atoms with Crippen molar-refractivity contribution in [3.8, 4) is 0 Å². The molecule has 1 rings (SSSR count). The maximum atomic E-state index is 11.5. The molecule has 0 amide bonds. The number of nitrogens with one attached hydrogen (secondary N) is 1. The molecule has 0 aromatic rings. The Bertz CT molecular complexity index is 267. The number of carboxylic acid groups (broad SMARTS) is 1. The zero-order chi connectivity index (χ0) is 13.6. The van der Waals surface area contributed by atoms with Crippen LogP contribution in [0.25, 0.3) is 0 Å². The minimum Gasteiger partial charge on any atom is -0.480 e. The molecule has 0 spiro atoms. The second-order valence-corrected chi connectivity index (χ2v) is 5.57. The zero-order valence-corrected chi connectivity index (χ0v) is 12.0. The van der Waals surface area contributed by atoms with Gasteiger partial charge in [-0.3, -0.25) is 10.1 Å². The van der Waals surface area contributed by atoms with Crippen LogP contribution in [0.2, 0.25) is 0 Å². The van der Waals surface area contributed by atoms with Crippen molar-refractivity contribution in [2.75, 3.05) is 20.1 Å². The predicted molar refractivity (Wildman–Crippen MR) is 73.8 cm³/mol. The summed E-state index contributed by atoms with van der Waals surface area (Å²) in [6.45, 7) is 6.20. The Hall–Kier alpha value is -0.610. The Balaban J connectivity index is 2.42. The Kier molecular flexibility index (Phi) is 6.09. The van der Waals surface area contributed by atoms with Gasteiger partial charge in [-0.2, -0.15) is 0 Å². The predicted octanol–water partition coefficient (Wildman–Crippen LogP) is 2.09. The number of nitrogens with zero attached hydrogens (tertiary/aromatic N) is 1. The molecule has 4 nitrogen and oxygen atoms in total. The fourth-order valence-corrected chi connectivity index (χ4v) is 2.43. The number of carbonyl (C=O) groups is 1. The molecule has 2 N–H and O–H groups in total. The van der Waals surface area contributed by atoms with E-state index in [1.54, 1.807) is 0 Å². The van der Waals surface area contributed by atoms with Gasteiger partial charge in [-0.15, -0.1) is 0 Å². The number of carboxylic acids is 1. The SMILES string of the molecule is CCCN(C)CCCC(CC)(NC1CC1)C(=O)O. The molecule has 1 atom stereocenters. The van der Waals surface area contributed by atoms with Crippen LogP contribution in [0.4, 0.5) is 0 Å². The Morgan fingerprint density at radius 2 is 2.06 bits per heavy atom. The average molecular weight is 256 g/mol. The first kappa shape index (κ1) is 15.4. The van der Waals surface area contributed by atoms with E-state index in [-0.39, 0.29) is 0 Å². The first-order valence-corrected chi connectivity index (χ1v) is 7.23. The molecule has 1 aliphatic rings. The first-order valence-electron chi connectivity index (χ1n) is 7.23. The molecular weight excluding hydrogens is 228 g/mol. The number of hydrogen-bond acceptors (Lipinski definition) is 3. The van der Waals surface area contributed by atoms with Crippen molar-refractivity contribution in [2.24, 2.45) is 0 Å². The van der Waals surface area contributed by atoms with Crippen molar-refractivity contribution in [1.82, 2.24) is 10.2 Å². The second-order valence-electron chi connectivity index (χ2n) is 5.57. The summed E-state index contributed by atoms with van der Waals surface area (Å²) in [6, 6.07) is 0.439. The van der Waals surface area contributed by atoms with Crippen molar-refractivity contribution < 1.29 is 9.90 Å². The van der Waals surface area contributed by atoms with E-state index in [1.807, 2.05) is 6.92 Å². The molecule has 0 saturated heterocycles. The van der Waals surface area contributed by atoms with Gasteiger partial charge in [-0.1, -0.05) is 13.8 Å². The highest BCUT2D eigenvalue weighted by Gasteiger charge is 2.40. The molecule has 0 radical (unpaired) electrons. The fraction of sp³-hybridized carbons (Fsp3) is 0.929. The molecular formula is C14H28N2O2. The summed E-state index contributed by atoms with van der Waals surface area (Å²) in [7, 11) is 2.10. The highest BCUT2D eigenvalue weighted by atomic mass is 16.4. The summed E-state index contributed by atoms with van der Waals surface area (Å²) >= 11 is 0. The third-order valence-corrected chi connectivity index (χ3v) is 3.82. The van der Waals surface area contributed by atoms with Gasteiger partial charge in [-0.25, -0.2) is 0 Å². The lowest BCUT2D eigenvalue weighted by Crippen LogP contribution is -2.53. The van der Waals surface area contributed by atoms with Crippen LogP contribution in [0, 0.1) is 0 Å². The number of aliphatic carboxylic acids is 1. The highest BCUT2D eigenvalue weighted by Crippen LogP contribution is 2.27. The molecule has 1 aliphatic carbocycles. The van der Waals surface area contributed by atoms with Crippen LogP contribution < -0.4 is 5.32 Å². The fourth-order valence-electron chi connectivity index (χ4n) is 2.43. The van der Waals surface area contributed by atoms with Crippen molar-refractivity contribution in [2.45, 2.75) is 64.0 Å². The Labute approximate surface area is 111 Å². The summed E-state index contributed by atoms with van der Waals surface area (Å²) < 4.78 is 0. The molecule has 0 aliphatic heterocycles. The molecule has 0 aromatic carbocycles. The summed E-state index contributed by atoms with van der Waals surface area (Å²) in [5.74, 6) is -0.685. The quantitative estimate of drug-likeness (QED) is 0.628. The van der Waals surface area contributed by atoms with Gasteiger partial charge < -0.3 is 10.0 Å². The first-order chi connectivity index (χ1) is 8.54. The van der Waals surface area contributed by atoms with E-state index in [0.29, 0.717) is 12.5 Å². The van der Waals surface area contributed by atoms with Gasteiger partial charge in [0.05, 0.1) is 0 Å². The van der Waals surface area contributed by atoms with Crippen LogP contribution in [-0.2, 0) is 4.79 Å². The van der Waals surface area contributed by atoms with Crippen LogP contribution in [0.1, 0.15) is 52.4 Å². The smallest absolute Gasteiger partial charge is 0.323 e. The minimum atomic E-state index is -0.700. The minimum absolute atomic E-state index is 0.439. The number of hydrogen-bond donors (Lipinski definition) is 2. The van der Waals surface area contributed by atoms with Crippen molar-refractivity contribution in [1.29, 1.82) is 0 Å². The lowest BCUT2D eigenvalue weighted by Gasteiger charge is -2.30. The van der Waals surface area contributed by atoms with Crippen molar-refractivity contribution in [3.63, 3.8) is 0 Å². The van der Waals surface area contributed by atoms with Gasteiger partial charge in [0.25, 0.3) is 0 Å². The summed E-state index contributed by atoms with van der Waals surface area (Å²) in [4.78, 5) is 13.8. The lowest BCUT2D eigenvalue weighted by atomic mass is 9.90. The van der Waals surface area contributed by atoms with Gasteiger partial charge in [0, 0.05) is 6.04 Å². The van der Waals surface area contributed by atoms with Crippen LogP contribution in [0.15, 0.2) is 0 Å². The summed E-state index contributed by atoms with van der Waals surface area (Å²) in [5, 5.41) is 12.8. The van der Waals surface area contributed by atoms with Crippen LogP contribution in [0.3, 0.4) is 0 Å². The van der Waals surface area contributed by atoms with E-state index < -0.39 is 11.5 Å². The Morgan fingerprint density at radius 1 is 1.39 bits per heavy atom. The normalized spacial score (nSPS) is 18.9. The van der Waals surface area contributed by atoms with E-state index in [1.165, 1.54) is 0 Å². The van der Waals surface area contributed by atoms with Crippen molar-refractivity contribution in [3.05, 3.63) is 0 Å². The third kappa shape index (κ3) is 4.58. The molecule has 1 unspecified atom stereocenters. The maximum absolute atomic E-state index is 11.5. The van der Waals surface area contributed by atoms with E-state index in [2.05, 4.69) is 24.2 Å². The molecule has 0 bridgehead atoms. The molecule has 1 saturated carbocycles. The third-order valence-electron chi connectivity index (χ3n) is 3.82. The largest absolute Gasteiger partial charge is 0.480 e. The summed E-state index contributed by atoms with van der Waals surface area (Å²) in [5.41, 5.74) is -0.700. The Morgan fingerprint density at radius 3 is 2.50 bits per heavy atom. The lowest BCUT2D eigenvalue weighted by molar-refractivity contribution is -0.145. The van der Waals surface area contributed by atoms with E-state index in [4.69, 9.17) is 0 Å². The van der Waals surface area contributed by atoms with Crippen LogP contribution in [0.5, 0.6) is 0 Å². The molecule has 0 aromatic heterocycles. The molecule has 1 fully saturated rings. The molecule has 106 valence electrons. The topological polar surface area (TPSA) is 52.6 Å². The van der Waals surface area contributed by atoms with Gasteiger partial charge in [0.1, 0.15) is 5.54 Å². The highest BCUT2D eigenvalue weighted by molar-refractivity contribution is 5.78. The van der Waals surface area contributed by atoms with E-state index in [9.17, 15) is 9.90 Å². The second kappa shape index (κ2) is 7.10. The van der Waals surface area contributed by atoms with Gasteiger partial charge >= 0.3 is 5.97 Å². The van der Waals surface area contributed by atoms with Gasteiger partial charge in [0.2, 0.25) is 0 Å². The molecule has 18 heavy (non-hydrogen) atoms. The molecule has 4 heteroatoms.